The zero-order valence-corrected chi connectivity index (χ0v) is 20.4. The Morgan fingerprint density at radius 3 is 2.03 bits per heavy atom. The van der Waals surface area contributed by atoms with Crippen LogP contribution in [0, 0.1) is 22.5 Å². The second-order valence-electron chi connectivity index (χ2n) is 8.80. The van der Waals surface area contributed by atoms with E-state index in [0.717, 1.165) is 23.3 Å². The van der Waals surface area contributed by atoms with Crippen LogP contribution in [0.25, 0.3) is 11.1 Å². The summed E-state index contributed by atoms with van der Waals surface area (Å²) in [7, 11) is 1.51. The van der Waals surface area contributed by atoms with Crippen molar-refractivity contribution in [2.75, 3.05) is 38.6 Å². The number of nitrogens with one attached hydrogen (secondary N) is 3. The molecule has 0 fully saturated rings. The highest BCUT2D eigenvalue weighted by Gasteiger charge is 2.22. The first kappa shape index (κ1) is 25.7. The van der Waals surface area contributed by atoms with Gasteiger partial charge in [0.05, 0.1) is 12.7 Å². The van der Waals surface area contributed by atoms with Crippen LogP contribution >= 0.6 is 0 Å². The number of carbonyl (C=O) groups excluding carboxylic acids is 1. The molecule has 0 saturated carbocycles. The van der Waals surface area contributed by atoms with Gasteiger partial charge in [0.1, 0.15) is 17.4 Å². The number of methoxy groups -OCH3 is 1. The lowest BCUT2D eigenvalue weighted by atomic mass is 9.97. The number of hydrogen-bond donors (Lipinski definition) is 5. The second-order valence-corrected chi connectivity index (χ2v) is 8.80. The molecule has 2 aromatic carbocycles. The topological polar surface area (TPSA) is 145 Å². The molecule has 194 valence electrons. The Balaban J connectivity index is 1.51. The Hall–Kier alpha value is -4.41. The van der Waals surface area contributed by atoms with Crippen LogP contribution in [0.15, 0.2) is 42.5 Å². The molecule has 2 aromatic rings. The highest BCUT2D eigenvalue weighted by Crippen LogP contribution is 2.33. The van der Waals surface area contributed by atoms with Gasteiger partial charge in [-0.1, -0.05) is 12.2 Å². The lowest BCUT2D eigenvalue weighted by molar-refractivity contribution is 0.102. The van der Waals surface area contributed by atoms with E-state index in [2.05, 4.69) is 5.32 Å². The molecule has 37 heavy (non-hydrogen) atoms. The Bertz CT molecular complexity index is 1320. The summed E-state index contributed by atoms with van der Waals surface area (Å²) in [6.45, 7) is 1.88. The van der Waals surface area contributed by atoms with Crippen LogP contribution in [-0.2, 0) is 0 Å². The maximum Gasteiger partial charge on any atom is 0.258 e. The SMILES string of the molecule is COc1cc(NC(=O)c2cc(F)c(C3=CCN(C(=N)N)CC3)cc2F)ccc1C1=CCN(C(=N)N)CC1. The smallest absolute Gasteiger partial charge is 0.258 e. The Morgan fingerprint density at radius 1 is 0.919 bits per heavy atom. The van der Waals surface area contributed by atoms with E-state index in [1.165, 1.54) is 7.11 Å². The van der Waals surface area contributed by atoms with Crippen molar-refractivity contribution < 1.29 is 18.3 Å². The van der Waals surface area contributed by atoms with Gasteiger partial charge in [-0.3, -0.25) is 15.6 Å². The zero-order chi connectivity index (χ0) is 26.7. The molecule has 0 aliphatic carbocycles. The minimum absolute atomic E-state index is 0.0205. The molecule has 1 amide bonds. The number of nitrogens with zero attached hydrogens (tertiary/aromatic N) is 2. The molecule has 0 unspecified atom stereocenters. The van der Waals surface area contributed by atoms with Crippen LogP contribution in [-0.4, -0.2) is 60.9 Å². The Labute approximate surface area is 213 Å². The van der Waals surface area contributed by atoms with Crippen LogP contribution < -0.4 is 21.5 Å². The van der Waals surface area contributed by atoms with Gasteiger partial charge in [-0.15, -0.1) is 0 Å². The number of hydrogen-bond acceptors (Lipinski definition) is 4. The van der Waals surface area contributed by atoms with Crippen molar-refractivity contribution in [2.24, 2.45) is 11.5 Å². The maximum absolute atomic E-state index is 14.9. The number of nitrogens with two attached hydrogens (primary N) is 2. The molecule has 0 spiro atoms. The molecule has 0 bridgehead atoms. The van der Waals surface area contributed by atoms with Crippen molar-refractivity contribution in [3.8, 4) is 5.75 Å². The number of amides is 1. The fourth-order valence-corrected chi connectivity index (χ4v) is 4.46. The van der Waals surface area contributed by atoms with Crippen LogP contribution in [0.3, 0.4) is 0 Å². The van der Waals surface area contributed by atoms with E-state index < -0.39 is 23.1 Å². The van der Waals surface area contributed by atoms with E-state index in [4.69, 9.17) is 27.0 Å². The maximum atomic E-state index is 14.9. The summed E-state index contributed by atoms with van der Waals surface area (Å²) >= 11 is 0. The molecule has 2 heterocycles. The molecule has 2 aliphatic heterocycles. The molecule has 7 N–H and O–H groups in total. The third-order valence-corrected chi connectivity index (χ3v) is 6.55. The first-order chi connectivity index (χ1) is 17.7. The molecule has 9 nitrogen and oxygen atoms in total. The van der Waals surface area contributed by atoms with Crippen LogP contribution in [0.2, 0.25) is 0 Å². The van der Waals surface area contributed by atoms with Crippen molar-refractivity contribution in [1.82, 2.24) is 9.80 Å². The first-order valence-electron chi connectivity index (χ1n) is 11.7. The highest BCUT2D eigenvalue weighted by molar-refractivity contribution is 6.05. The summed E-state index contributed by atoms with van der Waals surface area (Å²) in [4.78, 5) is 16.2. The van der Waals surface area contributed by atoms with Gasteiger partial charge < -0.3 is 31.3 Å². The summed E-state index contributed by atoms with van der Waals surface area (Å²) in [6.07, 6.45) is 4.74. The largest absolute Gasteiger partial charge is 0.496 e. The average molecular weight is 510 g/mol. The van der Waals surface area contributed by atoms with Gasteiger partial charge in [0.25, 0.3) is 5.91 Å². The number of benzene rings is 2. The third kappa shape index (κ3) is 5.55. The van der Waals surface area contributed by atoms with Crippen molar-refractivity contribution >= 4 is 34.7 Å². The minimum Gasteiger partial charge on any atom is -0.496 e. The molecule has 4 rings (SSSR count). The Kier molecular flexibility index (Phi) is 7.42. The standard InChI is InChI=1S/C26H29F2N7O2/c1-37-23-12-17(2-3-18(23)15-4-8-34(9-5-15)25(29)30)33-24(36)20-14-21(27)19(13-22(20)28)16-6-10-35(11-7-16)26(31)32/h2-4,6,12-14H,5,7-11H2,1H3,(H3,29,30)(H3,31,32)(H,33,36). The summed E-state index contributed by atoms with van der Waals surface area (Å²) < 4.78 is 35.3. The van der Waals surface area contributed by atoms with Crippen molar-refractivity contribution in [1.29, 1.82) is 10.8 Å². The van der Waals surface area contributed by atoms with Crippen molar-refractivity contribution in [3.05, 3.63) is 70.8 Å². The van der Waals surface area contributed by atoms with E-state index in [0.29, 0.717) is 56.0 Å². The second kappa shape index (κ2) is 10.7. The van der Waals surface area contributed by atoms with Gasteiger partial charge in [-0.25, -0.2) is 8.78 Å². The molecule has 0 saturated heterocycles. The lowest BCUT2D eigenvalue weighted by Gasteiger charge is -2.27. The van der Waals surface area contributed by atoms with Gasteiger partial charge in [-0.2, -0.15) is 0 Å². The summed E-state index contributed by atoms with van der Waals surface area (Å²) in [6, 6.07) is 7.02. The van der Waals surface area contributed by atoms with Crippen LogP contribution in [0.5, 0.6) is 5.75 Å². The van der Waals surface area contributed by atoms with E-state index >= 15 is 0 Å². The fraction of sp³-hybridized carbons (Fsp3) is 0.269. The number of rotatable bonds is 5. The highest BCUT2D eigenvalue weighted by atomic mass is 19.1. The summed E-state index contributed by atoms with van der Waals surface area (Å²) in [5.74, 6) is -1.86. The van der Waals surface area contributed by atoms with Gasteiger partial charge >= 0.3 is 0 Å². The van der Waals surface area contributed by atoms with Gasteiger partial charge in [0.2, 0.25) is 0 Å². The lowest BCUT2D eigenvalue weighted by Crippen LogP contribution is -2.39. The normalized spacial score (nSPS) is 15.5. The fourth-order valence-electron chi connectivity index (χ4n) is 4.46. The quantitative estimate of drug-likeness (QED) is 0.309. The van der Waals surface area contributed by atoms with Crippen molar-refractivity contribution in [3.63, 3.8) is 0 Å². The zero-order valence-electron chi connectivity index (χ0n) is 20.4. The number of ether oxygens (including phenoxy) is 1. The molecule has 0 aromatic heterocycles. The van der Waals surface area contributed by atoms with Crippen LogP contribution in [0.1, 0.15) is 34.3 Å². The number of halogens is 2. The predicted molar refractivity (Wildman–Crippen MR) is 139 cm³/mol. The minimum atomic E-state index is -0.838. The number of anilines is 1. The van der Waals surface area contributed by atoms with Gasteiger partial charge in [-0.05, 0) is 48.3 Å². The third-order valence-electron chi connectivity index (χ3n) is 6.55. The van der Waals surface area contributed by atoms with Crippen LogP contribution in [0.4, 0.5) is 14.5 Å². The average Bonchev–Trinajstić information content (AvgIpc) is 2.89. The monoisotopic (exact) mass is 509 g/mol. The van der Waals surface area contributed by atoms with Gasteiger partial charge in [0, 0.05) is 49.1 Å². The van der Waals surface area contributed by atoms with Crippen molar-refractivity contribution in [2.45, 2.75) is 12.8 Å². The van der Waals surface area contributed by atoms with E-state index in [9.17, 15) is 13.6 Å². The molecular formula is C26H29F2N7O2. The predicted octanol–water partition coefficient (Wildman–Crippen LogP) is 3.19. The molecule has 11 heteroatoms. The Morgan fingerprint density at radius 2 is 1.51 bits per heavy atom. The van der Waals surface area contributed by atoms with E-state index in [-0.39, 0.29) is 17.5 Å². The van der Waals surface area contributed by atoms with Gasteiger partial charge in [0.15, 0.2) is 11.9 Å². The van der Waals surface area contributed by atoms with E-state index in [1.54, 1.807) is 34.1 Å². The molecule has 2 aliphatic rings. The number of carbonyl (C=O) groups is 1. The summed E-state index contributed by atoms with van der Waals surface area (Å²) in [5, 5.41) is 17.7. The molecular weight excluding hydrogens is 480 g/mol. The number of guanidine groups is 2. The first-order valence-corrected chi connectivity index (χ1v) is 11.7. The molecule has 0 atom stereocenters. The summed E-state index contributed by atoms with van der Waals surface area (Å²) in [5.41, 5.74) is 13.6. The molecule has 0 radical (unpaired) electrons. The van der Waals surface area contributed by atoms with E-state index in [1.807, 2.05) is 6.08 Å².